The first-order chi connectivity index (χ1) is 17.0. The lowest BCUT2D eigenvalue weighted by molar-refractivity contribution is -0.0839. The van der Waals surface area contributed by atoms with Crippen LogP contribution < -0.4 is 14.2 Å². The third-order valence-corrected chi connectivity index (χ3v) is 7.04. The van der Waals surface area contributed by atoms with E-state index in [9.17, 15) is 0 Å². The fourth-order valence-electron chi connectivity index (χ4n) is 4.10. The summed E-state index contributed by atoms with van der Waals surface area (Å²) in [5.74, 6) is 2.14. The van der Waals surface area contributed by atoms with Crippen LogP contribution in [0.5, 0.6) is 17.2 Å². The molecule has 3 aromatic rings. The summed E-state index contributed by atoms with van der Waals surface area (Å²) in [6.45, 7) is 4.23. The predicted octanol–water partition coefficient (Wildman–Crippen LogP) is 4.73. The molecule has 1 aromatic heterocycles. The highest BCUT2D eigenvalue weighted by Gasteiger charge is 2.35. The number of methoxy groups -OCH3 is 2. The number of nitrogens with zero attached hydrogens (tertiary/aromatic N) is 4. The lowest BCUT2D eigenvalue weighted by atomic mass is 9.91. The Labute approximate surface area is 215 Å². The topological polar surface area (TPSA) is 70.9 Å². The van der Waals surface area contributed by atoms with Crippen molar-refractivity contribution in [3.05, 3.63) is 64.7 Å². The number of hydrogen-bond acceptors (Lipinski definition) is 7. The molecule has 1 aliphatic heterocycles. The van der Waals surface area contributed by atoms with Gasteiger partial charge in [0.15, 0.2) is 11.5 Å². The number of aromatic nitrogens is 3. The van der Waals surface area contributed by atoms with Crippen LogP contribution in [-0.4, -0.2) is 65.8 Å². The smallest absolute Gasteiger partial charge is 0.161 e. The van der Waals surface area contributed by atoms with Gasteiger partial charge in [0.05, 0.1) is 23.7 Å². The maximum Gasteiger partial charge on any atom is 0.161 e. The molecule has 1 saturated heterocycles. The second kappa shape index (κ2) is 11.9. The summed E-state index contributed by atoms with van der Waals surface area (Å²) in [5.41, 5.74) is 0.834. The van der Waals surface area contributed by atoms with Gasteiger partial charge in [0, 0.05) is 32.8 Å². The molecule has 0 saturated carbocycles. The fraction of sp³-hybridized carbons (Fsp3) is 0.440. The van der Waals surface area contributed by atoms with Gasteiger partial charge < -0.3 is 23.5 Å². The van der Waals surface area contributed by atoms with Crippen molar-refractivity contribution in [1.29, 1.82) is 0 Å². The highest BCUT2D eigenvalue weighted by Crippen LogP contribution is 2.32. The van der Waals surface area contributed by atoms with E-state index in [2.05, 4.69) is 27.2 Å². The van der Waals surface area contributed by atoms with Gasteiger partial charge in [-0.25, -0.2) is 0 Å². The van der Waals surface area contributed by atoms with Crippen molar-refractivity contribution in [2.45, 2.75) is 31.5 Å². The van der Waals surface area contributed by atoms with Gasteiger partial charge in [-0.15, -0.1) is 10.2 Å². The second-order valence-electron chi connectivity index (χ2n) is 8.56. The standard InChI is InChI=1S/C25H30Cl2N4O4/c1-32-23-6-3-19(13-24(23)34-12-11-31-17-28-29-18-31)15-30-9-7-25(33-2,8-10-30)16-35-20-4-5-21(26)22(27)14-20/h3-6,13-14,17-18H,7-12,15-16H2,1-2H3. The van der Waals surface area contributed by atoms with Crippen LogP contribution in [0.1, 0.15) is 18.4 Å². The van der Waals surface area contributed by atoms with Gasteiger partial charge in [0.25, 0.3) is 0 Å². The molecule has 1 aliphatic rings. The number of ether oxygens (including phenoxy) is 4. The van der Waals surface area contributed by atoms with Crippen LogP contribution in [0.3, 0.4) is 0 Å². The molecule has 4 rings (SSSR count). The van der Waals surface area contributed by atoms with E-state index >= 15 is 0 Å². The molecule has 8 nitrogen and oxygen atoms in total. The van der Waals surface area contributed by atoms with Crippen molar-refractivity contribution in [2.75, 3.05) is 40.5 Å². The maximum atomic E-state index is 6.11. The minimum atomic E-state index is -0.334. The number of likely N-dealkylation sites (tertiary alicyclic amines) is 1. The minimum Gasteiger partial charge on any atom is -0.493 e. The highest BCUT2D eigenvalue weighted by molar-refractivity contribution is 6.42. The van der Waals surface area contributed by atoms with E-state index in [1.54, 1.807) is 39.0 Å². The number of benzene rings is 2. The van der Waals surface area contributed by atoms with Crippen LogP contribution in [0.4, 0.5) is 0 Å². The summed E-state index contributed by atoms with van der Waals surface area (Å²) in [6, 6.07) is 11.4. The minimum absolute atomic E-state index is 0.334. The summed E-state index contributed by atoms with van der Waals surface area (Å²) >= 11 is 12.1. The van der Waals surface area contributed by atoms with Gasteiger partial charge in [0.1, 0.15) is 37.2 Å². The number of hydrogen-bond donors (Lipinski definition) is 0. The molecular formula is C25H30Cl2N4O4. The lowest BCUT2D eigenvalue weighted by Gasteiger charge is -2.40. The van der Waals surface area contributed by atoms with E-state index < -0.39 is 0 Å². The Kier molecular flexibility index (Phi) is 8.73. The lowest BCUT2D eigenvalue weighted by Crippen LogP contribution is -2.48. The Balaban J connectivity index is 1.31. The van der Waals surface area contributed by atoms with E-state index in [0.717, 1.165) is 38.2 Å². The monoisotopic (exact) mass is 520 g/mol. The fourth-order valence-corrected chi connectivity index (χ4v) is 4.38. The van der Waals surface area contributed by atoms with Gasteiger partial charge >= 0.3 is 0 Å². The zero-order valence-electron chi connectivity index (χ0n) is 20.0. The molecule has 0 unspecified atom stereocenters. The molecule has 10 heteroatoms. The maximum absolute atomic E-state index is 6.11. The molecule has 35 heavy (non-hydrogen) atoms. The first-order valence-corrected chi connectivity index (χ1v) is 12.2. The zero-order valence-corrected chi connectivity index (χ0v) is 21.5. The van der Waals surface area contributed by atoms with Gasteiger partial charge in [-0.3, -0.25) is 4.90 Å². The average Bonchev–Trinajstić information content (AvgIpc) is 3.40. The number of halogens is 2. The van der Waals surface area contributed by atoms with Crippen LogP contribution >= 0.6 is 23.2 Å². The highest BCUT2D eigenvalue weighted by atomic mass is 35.5. The van der Waals surface area contributed by atoms with Crippen molar-refractivity contribution in [2.24, 2.45) is 0 Å². The Bertz CT molecular complexity index is 1090. The van der Waals surface area contributed by atoms with Gasteiger partial charge in [-0.2, -0.15) is 0 Å². The summed E-state index contributed by atoms with van der Waals surface area (Å²) in [6.07, 6.45) is 5.07. The molecule has 0 radical (unpaired) electrons. The Hall–Kier alpha value is -2.52. The first-order valence-electron chi connectivity index (χ1n) is 11.5. The van der Waals surface area contributed by atoms with Crippen molar-refractivity contribution in [1.82, 2.24) is 19.7 Å². The number of rotatable bonds is 11. The normalized spacial score (nSPS) is 15.7. The van der Waals surface area contributed by atoms with Crippen molar-refractivity contribution < 1.29 is 18.9 Å². The van der Waals surface area contributed by atoms with Gasteiger partial charge in [-0.05, 0) is 42.7 Å². The van der Waals surface area contributed by atoms with E-state index in [0.29, 0.717) is 41.3 Å². The molecule has 2 heterocycles. The van der Waals surface area contributed by atoms with Gasteiger partial charge in [-0.1, -0.05) is 29.3 Å². The SMILES string of the molecule is COc1ccc(CN2CCC(COc3ccc(Cl)c(Cl)c3)(OC)CC2)cc1OCCn1cnnc1. The molecule has 2 aromatic carbocycles. The van der Waals surface area contributed by atoms with Crippen LogP contribution in [0.25, 0.3) is 0 Å². The molecular weight excluding hydrogens is 491 g/mol. The summed E-state index contributed by atoms with van der Waals surface area (Å²) in [7, 11) is 3.40. The third kappa shape index (κ3) is 6.79. The zero-order chi connectivity index (χ0) is 24.7. The van der Waals surface area contributed by atoms with E-state index in [-0.39, 0.29) is 5.60 Å². The molecule has 188 valence electrons. The van der Waals surface area contributed by atoms with Crippen LogP contribution in [0, 0.1) is 0 Å². The summed E-state index contributed by atoms with van der Waals surface area (Å²) in [5, 5.41) is 8.61. The predicted molar refractivity (Wildman–Crippen MR) is 135 cm³/mol. The Morgan fingerprint density at radius 2 is 1.69 bits per heavy atom. The first kappa shape index (κ1) is 25.6. The van der Waals surface area contributed by atoms with Crippen molar-refractivity contribution >= 4 is 23.2 Å². The van der Waals surface area contributed by atoms with Crippen molar-refractivity contribution in [3.63, 3.8) is 0 Å². The summed E-state index contributed by atoms with van der Waals surface area (Å²) < 4.78 is 25.3. The molecule has 0 spiro atoms. The average molecular weight is 521 g/mol. The van der Waals surface area contributed by atoms with Crippen molar-refractivity contribution in [3.8, 4) is 17.2 Å². The van der Waals surface area contributed by atoms with E-state index in [4.69, 9.17) is 42.1 Å². The van der Waals surface area contributed by atoms with Gasteiger partial charge in [0.2, 0.25) is 0 Å². The van der Waals surface area contributed by atoms with E-state index in [1.165, 1.54) is 5.56 Å². The third-order valence-electron chi connectivity index (χ3n) is 6.30. The second-order valence-corrected chi connectivity index (χ2v) is 9.38. The molecule has 0 bridgehead atoms. The quantitative estimate of drug-likeness (QED) is 0.361. The molecule has 0 N–H and O–H groups in total. The number of piperidine rings is 1. The molecule has 0 aliphatic carbocycles. The van der Waals surface area contributed by atoms with E-state index in [1.807, 2.05) is 16.7 Å². The van der Waals surface area contributed by atoms with Crippen LogP contribution in [0.15, 0.2) is 49.1 Å². The molecule has 0 amide bonds. The summed E-state index contributed by atoms with van der Waals surface area (Å²) in [4.78, 5) is 2.42. The van der Waals surface area contributed by atoms with Crippen LogP contribution in [-0.2, 0) is 17.8 Å². The largest absolute Gasteiger partial charge is 0.493 e. The Morgan fingerprint density at radius 3 is 2.37 bits per heavy atom. The van der Waals surface area contributed by atoms with Crippen LogP contribution in [0.2, 0.25) is 10.0 Å². The Morgan fingerprint density at radius 1 is 0.914 bits per heavy atom. The molecule has 1 fully saturated rings. The molecule has 0 atom stereocenters.